The molecule has 1 atom stereocenters. The highest BCUT2D eigenvalue weighted by Crippen LogP contribution is 2.14. The van der Waals surface area contributed by atoms with Crippen LogP contribution in [-0.2, 0) is 17.8 Å². The molecular formula is C9H16N4O. The van der Waals surface area contributed by atoms with Crippen LogP contribution in [0.2, 0.25) is 0 Å². The van der Waals surface area contributed by atoms with Gasteiger partial charge >= 0.3 is 0 Å². The first kappa shape index (κ1) is 9.61. The summed E-state index contributed by atoms with van der Waals surface area (Å²) in [6, 6.07) is 0. The van der Waals surface area contributed by atoms with Crippen LogP contribution in [0.4, 0.5) is 0 Å². The summed E-state index contributed by atoms with van der Waals surface area (Å²) in [5.41, 5.74) is 7.46. The fourth-order valence-corrected chi connectivity index (χ4v) is 1.74. The molecule has 0 radical (unpaired) electrons. The summed E-state index contributed by atoms with van der Waals surface area (Å²) >= 11 is 0. The SMILES string of the molecule is Cc1c(CN)nnn1CC1CCCO1. The van der Waals surface area contributed by atoms with E-state index in [2.05, 4.69) is 10.3 Å². The molecule has 0 amide bonds. The van der Waals surface area contributed by atoms with E-state index in [0.717, 1.165) is 37.4 Å². The van der Waals surface area contributed by atoms with E-state index in [1.54, 1.807) is 0 Å². The van der Waals surface area contributed by atoms with Crippen molar-refractivity contribution in [3.05, 3.63) is 11.4 Å². The molecule has 1 aliphatic heterocycles. The smallest absolute Gasteiger partial charge is 0.0991 e. The van der Waals surface area contributed by atoms with Crippen molar-refractivity contribution in [1.82, 2.24) is 15.0 Å². The lowest BCUT2D eigenvalue weighted by atomic mass is 10.2. The minimum Gasteiger partial charge on any atom is -0.376 e. The fraction of sp³-hybridized carbons (Fsp3) is 0.778. The molecular weight excluding hydrogens is 180 g/mol. The molecule has 0 saturated carbocycles. The molecule has 5 heteroatoms. The number of hydrogen-bond donors (Lipinski definition) is 1. The molecule has 1 aromatic heterocycles. The average molecular weight is 196 g/mol. The van der Waals surface area contributed by atoms with Crippen molar-refractivity contribution in [3.63, 3.8) is 0 Å². The van der Waals surface area contributed by atoms with Gasteiger partial charge in [0.15, 0.2) is 0 Å². The lowest BCUT2D eigenvalue weighted by molar-refractivity contribution is 0.0929. The molecule has 1 aliphatic rings. The van der Waals surface area contributed by atoms with Crippen molar-refractivity contribution >= 4 is 0 Å². The summed E-state index contributed by atoms with van der Waals surface area (Å²) in [7, 11) is 0. The van der Waals surface area contributed by atoms with E-state index >= 15 is 0 Å². The highest BCUT2D eigenvalue weighted by atomic mass is 16.5. The molecule has 1 unspecified atom stereocenters. The predicted octanol–water partition coefficient (Wildman–Crippen LogP) is 0.224. The molecule has 0 spiro atoms. The van der Waals surface area contributed by atoms with Crippen molar-refractivity contribution in [2.75, 3.05) is 6.61 Å². The monoisotopic (exact) mass is 196 g/mol. The molecule has 0 bridgehead atoms. The Kier molecular flexibility index (Phi) is 2.79. The van der Waals surface area contributed by atoms with Crippen LogP contribution in [0.25, 0.3) is 0 Å². The second-order valence-corrected chi connectivity index (χ2v) is 3.64. The van der Waals surface area contributed by atoms with Crippen molar-refractivity contribution in [1.29, 1.82) is 0 Å². The van der Waals surface area contributed by atoms with Gasteiger partial charge in [-0.05, 0) is 19.8 Å². The zero-order valence-corrected chi connectivity index (χ0v) is 8.44. The van der Waals surface area contributed by atoms with Crippen molar-refractivity contribution in [3.8, 4) is 0 Å². The van der Waals surface area contributed by atoms with Crippen molar-refractivity contribution in [2.45, 2.75) is 39.0 Å². The summed E-state index contributed by atoms with van der Waals surface area (Å²) in [6.07, 6.45) is 2.58. The third-order valence-corrected chi connectivity index (χ3v) is 2.67. The average Bonchev–Trinajstić information content (AvgIpc) is 2.79. The second-order valence-electron chi connectivity index (χ2n) is 3.64. The minimum atomic E-state index is 0.307. The Hall–Kier alpha value is -0.940. The summed E-state index contributed by atoms with van der Waals surface area (Å²) < 4.78 is 7.42. The van der Waals surface area contributed by atoms with E-state index in [9.17, 15) is 0 Å². The molecule has 14 heavy (non-hydrogen) atoms. The van der Waals surface area contributed by atoms with E-state index in [0.29, 0.717) is 12.6 Å². The maximum absolute atomic E-state index is 5.53. The Morgan fingerprint density at radius 2 is 2.50 bits per heavy atom. The lowest BCUT2D eigenvalue weighted by Gasteiger charge is -2.09. The van der Waals surface area contributed by atoms with Crippen molar-refractivity contribution < 1.29 is 4.74 Å². The van der Waals surface area contributed by atoms with Gasteiger partial charge in [-0.3, -0.25) is 0 Å². The first-order valence-corrected chi connectivity index (χ1v) is 5.02. The Morgan fingerprint density at radius 1 is 1.64 bits per heavy atom. The van der Waals surface area contributed by atoms with E-state index in [1.807, 2.05) is 11.6 Å². The number of ether oxygens (including phenoxy) is 1. The number of nitrogens with zero attached hydrogens (tertiary/aromatic N) is 3. The van der Waals surface area contributed by atoms with Crippen LogP contribution < -0.4 is 5.73 Å². The fourth-order valence-electron chi connectivity index (χ4n) is 1.74. The maximum Gasteiger partial charge on any atom is 0.0991 e. The van der Waals surface area contributed by atoms with Gasteiger partial charge in [0, 0.05) is 13.2 Å². The summed E-state index contributed by atoms with van der Waals surface area (Å²) in [6.45, 7) is 4.13. The predicted molar refractivity (Wildman–Crippen MR) is 51.6 cm³/mol. The number of nitrogens with two attached hydrogens (primary N) is 1. The number of aromatic nitrogens is 3. The molecule has 0 aliphatic carbocycles. The summed E-state index contributed by atoms with van der Waals surface area (Å²) in [4.78, 5) is 0. The molecule has 78 valence electrons. The molecule has 2 rings (SSSR count). The zero-order valence-electron chi connectivity index (χ0n) is 8.44. The molecule has 1 aromatic rings. The summed E-state index contributed by atoms with van der Waals surface area (Å²) in [5, 5.41) is 8.07. The van der Waals surface area contributed by atoms with Crippen LogP contribution >= 0.6 is 0 Å². The minimum absolute atomic E-state index is 0.307. The largest absolute Gasteiger partial charge is 0.376 e. The van der Waals surface area contributed by atoms with Crippen LogP contribution in [0, 0.1) is 6.92 Å². The normalized spacial score (nSPS) is 21.7. The molecule has 2 N–H and O–H groups in total. The van der Waals surface area contributed by atoms with Gasteiger partial charge in [-0.1, -0.05) is 5.21 Å². The topological polar surface area (TPSA) is 66.0 Å². The lowest BCUT2D eigenvalue weighted by Crippen LogP contribution is -2.17. The highest BCUT2D eigenvalue weighted by molar-refractivity contribution is 5.07. The van der Waals surface area contributed by atoms with E-state index < -0.39 is 0 Å². The zero-order chi connectivity index (χ0) is 9.97. The Labute approximate surface area is 83.2 Å². The van der Waals surface area contributed by atoms with E-state index in [1.165, 1.54) is 0 Å². The van der Waals surface area contributed by atoms with E-state index in [-0.39, 0.29) is 0 Å². The van der Waals surface area contributed by atoms with Crippen LogP contribution in [0.3, 0.4) is 0 Å². The molecule has 1 fully saturated rings. The van der Waals surface area contributed by atoms with Gasteiger partial charge in [-0.2, -0.15) is 0 Å². The highest BCUT2D eigenvalue weighted by Gasteiger charge is 2.18. The van der Waals surface area contributed by atoms with Crippen LogP contribution in [0.1, 0.15) is 24.2 Å². The maximum atomic E-state index is 5.53. The number of rotatable bonds is 3. The Bertz CT molecular complexity index is 304. The van der Waals surface area contributed by atoms with Gasteiger partial charge < -0.3 is 10.5 Å². The Morgan fingerprint density at radius 3 is 3.07 bits per heavy atom. The standard InChI is InChI=1S/C9H16N4O/c1-7-9(5-10)11-12-13(7)6-8-3-2-4-14-8/h8H,2-6,10H2,1H3. The molecule has 5 nitrogen and oxygen atoms in total. The van der Waals surface area contributed by atoms with Gasteiger partial charge in [0.25, 0.3) is 0 Å². The van der Waals surface area contributed by atoms with Crippen molar-refractivity contribution in [2.24, 2.45) is 5.73 Å². The van der Waals surface area contributed by atoms with Crippen LogP contribution in [0.15, 0.2) is 0 Å². The molecule has 0 aromatic carbocycles. The van der Waals surface area contributed by atoms with Gasteiger partial charge in [-0.25, -0.2) is 4.68 Å². The number of hydrogen-bond acceptors (Lipinski definition) is 4. The third-order valence-electron chi connectivity index (χ3n) is 2.67. The summed E-state index contributed by atoms with van der Waals surface area (Å²) in [5.74, 6) is 0. The molecule has 2 heterocycles. The quantitative estimate of drug-likeness (QED) is 0.751. The molecule has 1 saturated heterocycles. The first-order valence-electron chi connectivity index (χ1n) is 5.02. The third kappa shape index (κ3) is 1.78. The Balaban J connectivity index is 2.04. The van der Waals surface area contributed by atoms with E-state index in [4.69, 9.17) is 10.5 Å². The van der Waals surface area contributed by atoms with Crippen LogP contribution in [0.5, 0.6) is 0 Å². The van der Waals surface area contributed by atoms with Gasteiger partial charge in [0.05, 0.1) is 24.0 Å². The van der Waals surface area contributed by atoms with Gasteiger partial charge in [0.2, 0.25) is 0 Å². The van der Waals surface area contributed by atoms with Crippen LogP contribution in [-0.4, -0.2) is 27.7 Å². The second kappa shape index (κ2) is 4.06. The van der Waals surface area contributed by atoms with Gasteiger partial charge in [0.1, 0.15) is 0 Å². The van der Waals surface area contributed by atoms with Gasteiger partial charge in [-0.15, -0.1) is 5.10 Å². The first-order chi connectivity index (χ1) is 6.81.